The van der Waals surface area contributed by atoms with Crippen molar-refractivity contribution < 1.29 is 13.9 Å². The summed E-state index contributed by atoms with van der Waals surface area (Å²) >= 11 is 0. The first-order chi connectivity index (χ1) is 10.6. The number of amides is 1. The molecule has 6 heteroatoms. The Labute approximate surface area is 126 Å². The van der Waals surface area contributed by atoms with E-state index >= 15 is 0 Å². The summed E-state index contributed by atoms with van der Waals surface area (Å²) in [5, 5.41) is 4.91. The number of cyclic esters (lactones) is 1. The third kappa shape index (κ3) is 2.50. The molecule has 0 unspecified atom stereocenters. The molecule has 0 atom stereocenters. The molecule has 1 heterocycles. The third-order valence-corrected chi connectivity index (χ3v) is 3.44. The lowest BCUT2D eigenvalue weighted by Crippen LogP contribution is -2.31. The fourth-order valence-corrected chi connectivity index (χ4v) is 2.18. The monoisotopic (exact) mass is 299 g/mol. The number of hydrazone groups is 1. The number of rotatable bonds is 2. The van der Waals surface area contributed by atoms with Crippen molar-refractivity contribution in [3.63, 3.8) is 0 Å². The van der Waals surface area contributed by atoms with Gasteiger partial charge in [-0.05, 0) is 36.2 Å². The number of hydrogen-bond donors (Lipinski definition) is 1. The van der Waals surface area contributed by atoms with Crippen LogP contribution >= 0.6 is 0 Å². The van der Waals surface area contributed by atoms with Crippen LogP contribution in [0.2, 0.25) is 0 Å². The Morgan fingerprint density at radius 1 is 1.27 bits per heavy atom. The van der Waals surface area contributed by atoms with E-state index in [1.54, 1.807) is 24.3 Å². The van der Waals surface area contributed by atoms with Crippen LogP contribution in [0.5, 0.6) is 0 Å². The number of aryl methyl sites for hydroxylation is 1. The van der Waals surface area contributed by atoms with Crippen LogP contribution in [0.25, 0.3) is 11.1 Å². The van der Waals surface area contributed by atoms with Crippen LogP contribution in [0.1, 0.15) is 5.56 Å². The minimum Gasteiger partial charge on any atom is -0.442 e. The molecule has 2 N–H and O–H groups in total. The molecule has 0 fully saturated rings. The zero-order valence-corrected chi connectivity index (χ0v) is 11.9. The molecule has 112 valence electrons. The van der Waals surface area contributed by atoms with Gasteiger partial charge in [0.25, 0.3) is 0 Å². The van der Waals surface area contributed by atoms with Crippen LogP contribution < -0.4 is 10.7 Å². The van der Waals surface area contributed by atoms with Gasteiger partial charge in [-0.2, -0.15) is 10.1 Å². The van der Waals surface area contributed by atoms with Crippen LogP contribution in [-0.2, 0) is 4.74 Å². The quantitative estimate of drug-likeness (QED) is 0.865. The fraction of sp³-hybridized carbons (Fsp3) is 0.125. The molecule has 0 saturated carbocycles. The van der Waals surface area contributed by atoms with Crippen LogP contribution in [0, 0.1) is 12.7 Å². The molecule has 1 aliphatic heterocycles. The van der Waals surface area contributed by atoms with Gasteiger partial charge in [-0.25, -0.2) is 9.18 Å². The van der Waals surface area contributed by atoms with E-state index in [1.165, 1.54) is 12.3 Å². The second kappa shape index (κ2) is 5.48. The van der Waals surface area contributed by atoms with Gasteiger partial charge in [0, 0.05) is 17.3 Å². The summed E-state index contributed by atoms with van der Waals surface area (Å²) in [6, 6.07) is 9.81. The largest absolute Gasteiger partial charge is 0.442 e. The van der Waals surface area contributed by atoms with Crippen molar-refractivity contribution in [1.82, 2.24) is 0 Å². The van der Waals surface area contributed by atoms with Gasteiger partial charge in [-0.3, -0.25) is 0 Å². The Hall–Kier alpha value is -2.89. The summed E-state index contributed by atoms with van der Waals surface area (Å²) in [7, 11) is 0. The fourth-order valence-electron chi connectivity index (χ4n) is 2.18. The van der Waals surface area contributed by atoms with Gasteiger partial charge in [-0.1, -0.05) is 12.1 Å². The number of nitrogens with zero attached hydrogens (tertiary/aromatic N) is 2. The molecule has 1 amide bonds. The van der Waals surface area contributed by atoms with E-state index in [0.717, 1.165) is 10.6 Å². The minimum atomic E-state index is -0.630. The molecule has 0 saturated heterocycles. The minimum absolute atomic E-state index is 0.124. The first-order valence-electron chi connectivity index (χ1n) is 6.71. The summed E-state index contributed by atoms with van der Waals surface area (Å²) in [4.78, 5) is 11.6. The second-order valence-electron chi connectivity index (χ2n) is 4.92. The van der Waals surface area contributed by atoms with Gasteiger partial charge >= 0.3 is 6.09 Å². The summed E-state index contributed by atoms with van der Waals surface area (Å²) in [5.74, 6) is -0.464. The maximum absolute atomic E-state index is 14.4. The third-order valence-electron chi connectivity index (χ3n) is 3.44. The highest BCUT2D eigenvalue weighted by atomic mass is 19.1. The van der Waals surface area contributed by atoms with E-state index < -0.39 is 11.9 Å². The molecule has 3 rings (SSSR count). The molecule has 0 aromatic heterocycles. The molecule has 1 aliphatic rings. The van der Waals surface area contributed by atoms with Crippen LogP contribution in [0.4, 0.5) is 20.6 Å². The normalized spacial score (nSPS) is 14.1. The average molecular weight is 299 g/mol. The average Bonchev–Trinajstić information content (AvgIpc) is 2.50. The summed E-state index contributed by atoms with van der Waals surface area (Å²) < 4.78 is 19.2. The standard InChI is InChI=1S/C16H14FN3O2/c1-10-2-3-11(8-15(10)18)13-5-4-12(9-14(13)17)20-16(21)22-7-6-19-20/h2-6,8-9H,7,18H2,1H3. The summed E-state index contributed by atoms with van der Waals surface area (Å²) in [6.07, 6.45) is 0.808. The molecule has 22 heavy (non-hydrogen) atoms. The number of nitrogen functional groups attached to an aromatic ring is 1. The van der Waals surface area contributed by atoms with Gasteiger partial charge < -0.3 is 10.5 Å². The van der Waals surface area contributed by atoms with Crippen molar-refractivity contribution in [2.24, 2.45) is 5.10 Å². The SMILES string of the molecule is Cc1ccc(-c2ccc(N3N=CCOC3=O)cc2F)cc1N. The number of hydrogen-bond acceptors (Lipinski definition) is 4. The molecule has 2 aromatic carbocycles. The first-order valence-corrected chi connectivity index (χ1v) is 6.71. The molecule has 0 bridgehead atoms. The van der Waals surface area contributed by atoms with Gasteiger partial charge in [-0.15, -0.1) is 0 Å². The highest BCUT2D eigenvalue weighted by Crippen LogP contribution is 2.29. The number of ether oxygens (including phenoxy) is 1. The summed E-state index contributed by atoms with van der Waals surface area (Å²) in [5.41, 5.74) is 8.79. The topological polar surface area (TPSA) is 67.9 Å². The number of nitrogens with two attached hydrogens (primary N) is 1. The predicted molar refractivity (Wildman–Crippen MR) is 83.3 cm³/mol. The lowest BCUT2D eigenvalue weighted by atomic mass is 10.0. The van der Waals surface area contributed by atoms with Crippen molar-refractivity contribution in [3.05, 3.63) is 47.8 Å². The molecule has 0 radical (unpaired) electrons. The van der Waals surface area contributed by atoms with Crippen molar-refractivity contribution in [1.29, 1.82) is 0 Å². The maximum atomic E-state index is 14.4. The van der Waals surface area contributed by atoms with E-state index in [2.05, 4.69) is 5.10 Å². The van der Waals surface area contributed by atoms with Crippen LogP contribution in [-0.4, -0.2) is 18.9 Å². The number of carbonyl (C=O) groups excluding carboxylic acids is 1. The second-order valence-corrected chi connectivity index (χ2v) is 4.92. The summed E-state index contributed by atoms with van der Waals surface area (Å²) in [6.45, 7) is 2.01. The number of anilines is 2. The van der Waals surface area contributed by atoms with E-state index in [1.807, 2.05) is 13.0 Å². The van der Waals surface area contributed by atoms with Crippen molar-refractivity contribution in [2.45, 2.75) is 6.92 Å². The lowest BCUT2D eigenvalue weighted by molar-refractivity contribution is 0.167. The maximum Gasteiger partial charge on any atom is 0.435 e. The van der Waals surface area contributed by atoms with Crippen molar-refractivity contribution in [3.8, 4) is 11.1 Å². The van der Waals surface area contributed by atoms with E-state index in [0.29, 0.717) is 22.5 Å². The molecule has 0 aliphatic carbocycles. The van der Waals surface area contributed by atoms with E-state index in [4.69, 9.17) is 10.5 Å². The Balaban J connectivity index is 1.98. The Morgan fingerprint density at radius 3 is 2.77 bits per heavy atom. The Bertz CT molecular complexity index is 774. The lowest BCUT2D eigenvalue weighted by Gasteiger charge is -2.20. The van der Waals surface area contributed by atoms with Crippen LogP contribution in [0.3, 0.4) is 0 Å². The first kappa shape index (κ1) is 14.1. The number of benzene rings is 2. The van der Waals surface area contributed by atoms with Gasteiger partial charge in [0.15, 0.2) is 0 Å². The van der Waals surface area contributed by atoms with Gasteiger partial charge in [0.1, 0.15) is 12.4 Å². The van der Waals surface area contributed by atoms with E-state index in [-0.39, 0.29) is 6.61 Å². The van der Waals surface area contributed by atoms with Gasteiger partial charge in [0.05, 0.1) is 11.9 Å². The molecule has 2 aromatic rings. The van der Waals surface area contributed by atoms with E-state index in [9.17, 15) is 9.18 Å². The zero-order valence-electron chi connectivity index (χ0n) is 11.9. The van der Waals surface area contributed by atoms with Crippen molar-refractivity contribution >= 4 is 23.7 Å². The Morgan fingerprint density at radius 2 is 2.09 bits per heavy atom. The predicted octanol–water partition coefficient (Wildman–Crippen LogP) is 3.33. The highest BCUT2D eigenvalue weighted by molar-refractivity contribution is 5.91. The molecular formula is C16H14FN3O2. The molecule has 5 nitrogen and oxygen atoms in total. The smallest absolute Gasteiger partial charge is 0.435 e. The zero-order chi connectivity index (χ0) is 15.7. The van der Waals surface area contributed by atoms with Crippen molar-refractivity contribution in [2.75, 3.05) is 17.3 Å². The molecular weight excluding hydrogens is 285 g/mol. The number of halogens is 1. The number of carbonyl (C=O) groups is 1. The molecule has 0 spiro atoms. The van der Waals surface area contributed by atoms with Gasteiger partial charge in [0.2, 0.25) is 0 Å². The van der Waals surface area contributed by atoms with Crippen LogP contribution in [0.15, 0.2) is 41.5 Å². The Kier molecular flexibility index (Phi) is 3.50. The highest BCUT2D eigenvalue weighted by Gasteiger charge is 2.20.